The lowest BCUT2D eigenvalue weighted by Crippen LogP contribution is -2.15. The van der Waals surface area contributed by atoms with Crippen molar-refractivity contribution in [2.45, 2.75) is 6.54 Å². The normalized spacial score (nSPS) is 12.6. The Morgan fingerprint density at radius 3 is 2.96 bits per heavy atom. The Hall–Kier alpha value is -3.75. The quantitative estimate of drug-likeness (QED) is 0.595. The number of nitrogens with one attached hydrogen (secondary N) is 1. The first kappa shape index (κ1) is 14.6. The first-order valence-electron chi connectivity index (χ1n) is 7.92. The summed E-state index contributed by atoms with van der Waals surface area (Å²) in [5, 5.41) is 13.0. The van der Waals surface area contributed by atoms with Crippen LogP contribution in [0.1, 0.15) is 5.82 Å². The van der Waals surface area contributed by atoms with Crippen molar-refractivity contribution in [3.63, 3.8) is 0 Å². The Kier molecular flexibility index (Phi) is 3.17. The molecule has 0 radical (unpaired) electrons. The molecular weight excluding hydrogens is 336 g/mol. The Balaban J connectivity index is 1.45. The van der Waals surface area contributed by atoms with Gasteiger partial charge in [-0.2, -0.15) is 4.80 Å². The average molecular weight is 348 g/mol. The summed E-state index contributed by atoms with van der Waals surface area (Å²) in [6, 6.07) is 12.6. The molecule has 0 bridgehead atoms. The summed E-state index contributed by atoms with van der Waals surface area (Å²) in [6.45, 7) is 0.414. The first-order valence-corrected chi connectivity index (χ1v) is 7.92. The average Bonchev–Trinajstić information content (AvgIpc) is 3.30. The number of tetrazole rings is 1. The van der Waals surface area contributed by atoms with Crippen LogP contribution in [0.15, 0.2) is 47.3 Å². The van der Waals surface area contributed by atoms with Crippen LogP contribution in [0.3, 0.4) is 0 Å². The third-order valence-electron chi connectivity index (χ3n) is 4.04. The lowest BCUT2D eigenvalue weighted by molar-refractivity contribution is 0.174. The van der Waals surface area contributed by atoms with Gasteiger partial charge in [-0.3, -0.25) is 4.79 Å². The van der Waals surface area contributed by atoms with Gasteiger partial charge in [0.1, 0.15) is 12.4 Å². The summed E-state index contributed by atoms with van der Waals surface area (Å²) >= 11 is 0. The fraction of sp³-hybridized carbons (Fsp3) is 0.118. The van der Waals surface area contributed by atoms with E-state index in [0.717, 1.165) is 5.56 Å². The smallest absolute Gasteiger partial charge is 0.258 e. The fourth-order valence-electron chi connectivity index (χ4n) is 2.81. The summed E-state index contributed by atoms with van der Waals surface area (Å²) in [4.78, 5) is 20.7. The van der Waals surface area contributed by atoms with Crippen LogP contribution in [0, 0.1) is 0 Å². The lowest BCUT2D eigenvalue weighted by atomic mass is 10.2. The number of aromatic amines is 1. The molecule has 26 heavy (non-hydrogen) atoms. The van der Waals surface area contributed by atoms with E-state index in [9.17, 15) is 4.79 Å². The zero-order valence-electron chi connectivity index (χ0n) is 13.4. The molecule has 5 rings (SSSR count). The van der Waals surface area contributed by atoms with Gasteiger partial charge in [0.05, 0.1) is 10.9 Å². The first-order chi connectivity index (χ1) is 12.8. The number of nitrogens with zero attached hydrogens (tertiary/aromatic N) is 5. The highest BCUT2D eigenvalue weighted by Gasteiger charge is 2.16. The number of hydrogen-bond acceptors (Lipinski definition) is 7. The van der Waals surface area contributed by atoms with E-state index in [1.807, 2.05) is 12.1 Å². The maximum Gasteiger partial charge on any atom is 0.258 e. The summed E-state index contributed by atoms with van der Waals surface area (Å²) in [5.74, 6) is 2.26. The Morgan fingerprint density at radius 2 is 2.00 bits per heavy atom. The van der Waals surface area contributed by atoms with E-state index < -0.39 is 0 Å². The third-order valence-corrected chi connectivity index (χ3v) is 4.04. The maximum absolute atomic E-state index is 12.1. The van der Waals surface area contributed by atoms with Gasteiger partial charge in [0.15, 0.2) is 11.5 Å². The molecule has 0 unspecified atom stereocenters. The molecule has 1 N–H and O–H groups in total. The molecular formula is C17H12N6O3. The highest BCUT2D eigenvalue weighted by atomic mass is 16.7. The van der Waals surface area contributed by atoms with Crippen molar-refractivity contribution < 1.29 is 9.47 Å². The highest BCUT2D eigenvalue weighted by molar-refractivity contribution is 5.77. The van der Waals surface area contributed by atoms with Gasteiger partial charge >= 0.3 is 0 Å². The molecule has 1 aliphatic heterocycles. The summed E-state index contributed by atoms with van der Waals surface area (Å²) in [6.07, 6.45) is 0. The molecule has 1 aliphatic rings. The molecule has 0 saturated heterocycles. The fourth-order valence-corrected chi connectivity index (χ4v) is 2.81. The van der Waals surface area contributed by atoms with E-state index in [4.69, 9.17) is 9.47 Å². The molecule has 0 atom stereocenters. The monoisotopic (exact) mass is 348 g/mol. The second-order valence-electron chi connectivity index (χ2n) is 5.74. The molecule has 3 heterocycles. The van der Waals surface area contributed by atoms with Gasteiger partial charge < -0.3 is 14.5 Å². The van der Waals surface area contributed by atoms with Crippen LogP contribution in [0.5, 0.6) is 11.5 Å². The highest BCUT2D eigenvalue weighted by Crippen LogP contribution is 2.34. The van der Waals surface area contributed by atoms with Gasteiger partial charge in [-0.1, -0.05) is 12.1 Å². The van der Waals surface area contributed by atoms with Crippen LogP contribution in [0.25, 0.3) is 22.3 Å². The maximum atomic E-state index is 12.1. The summed E-state index contributed by atoms with van der Waals surface area (Å²) in [5.41, 5.74) is 1.20. The number of H-pyrrole nitrogens is 1. The molecule has 2 aromatic heterocycles. The molecule has 0 saturated carbocycles. The van der Waals surface area contributed by atoms with E-state index in [2.05, 4.69) is 25.4 Å². The molecule has 0 fully saturated rings. The lowest BCUT2D eigenvalue weighted by Gasteiger charge is -2.01. The standard InChI is InChI=1S/C17H12N6O3/c24-17-11-3-1-2-4-12(11)18-15(19-17)8-23-21-16(20-22-23)10-5-6-13-14(7-10)26-9-25-13/h1-7H,8-9H2,(H,18,19,24). The summed E-state index contributed by atoms with van der Waals surface area (Å²) < 4.78 is 10.7. The number of aromatic nitrogens is 6. The van der Waals surface area contributed by atoms with Gasteiger partial charge in [0.25, 0.3) is 5.56 Å². The molecule has 0 aliphatic carbocycles. The van der Waals surface area contributed by atoms with E-state index in [1.54, 1.807) is 30.3 Å². The van der Waals surface area contributed by atoms with E-state index in [0.29, 0.717) is 34.1 Å². The van der Waals surface area contributed by atoms with Crippen molar-refractivity contribution in [1.82, 2.24) is 30.2 Å². The molecule has 4 aromatic rings. The minimum absolute atomic E-state index is 0.193. The van der Waals surface area contributed by atoms with E-state index in [-0.39, 0.29) is 18.9 Å². The molecule has 0 spiro atoms. The Morgan fingerprint density at radius 1 is 1.12 bits per heavy atom. The molecule has 128 valence electrons. The second kappa shape index (κ2) is 5.66. The van der Waals surface area contributed by atoms with Crippen molar-refractivity contribution in [2.24, 2.45) is 0 Å². The van der Waals surface area contributed by atoms with Crippen molar-refractivity contribution in [3.05, 3.63) is 58.6 Å². The van der Waals surface area contributed by atoms with Crippen molar-refractivity contribution in [2.75, 3.05) is 6.79 Å². The Labute approximate surface area is 146 Å². The topological polar surface area (TPSA) is 108 Å². The van der Waals surface area contributed by atoms with Crippen molar-refractivity contribution in [1.29, 1.82) is 0 Å². The van der Waals surface area contributed by atoms with Crippen LogP contribution in [0.2, 0.25) is 0 Å². The van der Waals surface area contributed by atoms with Crippen LogP contribution >= 0.6 is 0 Å². The number of para-hydroxylation sites is 1. The van der Waals surface area contributed by atoms with Gasteiger partial charge in [-0.05, 0) is 35.5 Å². The second-order valence-corrected chi connectivity index (χ2v) is 5.74. The van der Waals surface area contributed by atoms with E-state index >= 15 is 0 Å². The van der Waals surface area contributed by atoms with Crippen LogP contribution in [-0.2, 0) is 6.54 Å². The largest absolute Gasteiger partial charge is 0.454 e. The van der Waals surface area contributed by atoms with E-state index in [1.165, 1.54) is 4.80 Å². The molecule has 9 nitrogen and oxygen atoms in total. The number of hydrogen-bond donors (Lipinski definition) is 1. The predicted octanol–water partition coefficient (Wildman–Crippen LogP) is 1.35. The number of rotatable bonds is 3. The third kappa shape index (κ3) is 2.46. The zero-order chi connectivity index (χ0) is 17.5. The number of fused-ring (bicyclic) bond motifs is 2. The van der Waals surface area contributed by atoms with Gasteiger partial charge in [0, 0.05) is 5.56 Å². The minimum atomic E-state index is -0.193. The minimum Gasteiger partial charge on any atom is -0.454 e. The van der Waals surface area contributed by atoms with Crippen LogP contribution in [0.4, 0.5) is 0 Å². The zero-order valence-corrected chi connectivity index (χ0v) is 13.4. The molecule has 9 heteroatoms. The summed E-state index contributed by atoms with van der Waals surface area (Å²) in [7, 11) is 0. The number of ether oxygens (including phenoxy) is 2. The SMILES string of the molecule is O=c1[nH]c(Cn2nnc(-c3ccc4c(c3)OCO4)n2)nc2ccccc12. The van der Waals surface area contributed by atoms with Crippen LogP contribution < -0.4 is 15.0 Å². The number of benzene rings is 2. The van der Waals surface area contributed by atoms with Crippen molar-refractivity contribution in [3.8, 4) is 22.9 Å². The molecule has 2 aromatic carbocycles. The van der Waals surface area contributed by atoms with Gasteiger partial charge in [0.2, 0.25) is 12.6 Å². The predicted molar refractivity (Wildman–Crippen MR) is 90.8 cm³/mol. The van der Waals surface area contributed by atoms with Crippen LogP contribution in [-0.4, -0.2) is 37.0 Å². The van der Waals surface area contributed by atoms with Crippen molar-refractivity contribution >= 4 is 10.9 Å². The molecule has 0 amide bonds. The van der Waals surface area contributed by atoms with Gasteiger partial charge in [-0.15, -0.1) is 10.2 Å². The van der Waals surface area contributed by atoms with Gasteiger partial charge in [-0.25, -0.2) is 4.98 Å². The Bertz CT molecular complexity index is 1180.